The summed E-state index contributed by atoms with van der Waals surface area (Å²) in [6.45, 7) is 10.9. The first-order valence-corrected chi connectivity index (χ1v) is 13.4. The summed E-state index contributed by atoms with van der Waals surface area (Å²) >= 11 is 0. The van der Waals surface area contributed by atoms with Crippen molar-refractivity contribution in [3.63, 3.8) is 0 Å². The van der Waals surface area contributed by atoms with Gasteiger partial charge in [0.25, 0.3) is 0 Å². The fourth-order valence-electron chi connectivity index (χ4n) is 5.07. The van der Waals surface area contributed by atoms with Crippen LogP contribution in [-0.2, 0) is 14.9 Å². The third kappa shape index (κ3) is 6.72. The van der Waals surface area contributed by atoms with Crippen LogP contribution in [0.3, 0.4) is 0 Å². The summed E-state index contributed by atoms with van der Waals surface area (Å²) in [7, 11) is 1.69. The average molecular weight is 501 g/mol. The quantitative estimate of drug-likeness (QED) is 0.311. The number of piperazine rings is 1. The molecule has 0 spiro atoms. The molecule has 0 aromatic heterocycles. The van der Waals surface area contributed by atoms with E-state index in [0.29, 0.717) is 0 Å². The largest absolute Gasteiger partial charge is 0.497 e. The maximum atomic E-state index is 13.1. The second-order valence-corrected chi connectivity index (χ2v) is 10.4. The Balaban J connectivity index is 1.32. The van der Waals surface area contributed by atoms with Gasteiger partial charge in [-0.1, -0.05) is 54.6 Å². The number of nitrogens with zero attached hydrogens (tertiary/aromatic N) is 2. The number of benzene rings is 3. The molecule has 3 aromatic carbocycles. The van der Waals surface area contributed by atoms with Gasteiger partial charge in [0, 0.05) is 31.9 Å². The van der Waals surface area contributed by atoms with Crippen LogP contribution in [0.5, 0.6) is 5.75 Å². The van der Waals surface area contributed by atoms with E-state index in [1.807, 2.05) is 63.2 Å². The highest BCUT2D eigenvalue weighted by Gasteiger charge is 2.37. The fourth-order valence-corrected chi connectivity index (χ4v) is 5.07. The molecular formula is C32H40N2O3. The summed E-state index contributed by atoms with van der Waals surface area (Å²) in [6, 6.07) is 27.1. The predicted octanol–water partition coefficient (Wildman–Crippen LogP) is 6.17. The van der Waals surface area contributed by atoms with E-state index < -0.39 is 5.41 Å². The summed E-state index contributed by atoms with van der Waals surface area (Å²) in [5.41, 5.74) is 4.08. The van der Waals surface area contributed by atoms with Gasteiger partial charge >= 0.3 is 5.97 Å². The number of methoxy groups -OCH3 is 1. The van der Waals surface area contributed by atoms with Crippen LogP contribution in [0, 0.1) is 0 Å². The van der Waals surface area contributed by atoms with Gasteiger partial charge < -0.3 is 14.4 Å². The van der Waals surface area contributed by atoms with Gasteiger partial charge in [-0.2, -0.15) is 0 Å². The van der Waals surface area contributed by atoms with Gasteiger partial charge in [0.2, 0.25) is 0 Å². The van der Waals surface area contributed by atoms with E-state index in [1.54, 1.807) is 7.11 Å². The molecule has 5 nitrogen and oxygen atoms in total. The smallest absolute Gasteiger partial charge is 0.316 e. The maximum absolute atomic E-state index is 13.1. The first-order chi connectivity index (χ1) is 17.9. The number of rotatable bonds is 10. The van der Waals surface area contributed by atoms with E-state index in [9.17, 15) is 4.79 Å². The SMILES string of the molecule is COc1ccc(-c2cccc(N3CCN(CCCC(C)(C(=O)OC(C)C)c4ccccc4)CC3)c2)cc1. The Labute approximate surface area is 222 Å². The van der Waals surface area contributed by atoms with Crippen molar-refractivity contribution in [1.29, 1.82) is 0 Å². The van der Waals surface area contributed by atoms with Crippen LogP contribution in [0.4, 0.5) is 5.69 Å². The molecule has 1 aliphatic heterocycles. The molecular weight excluding hydrogens is 460 g/mol. The number of hydrogen-bond donors (Lipinski definition) is 0. The number of carbonyl (C=O) groups excluding carboxylic acids is 1. The summed E-state index contributed by atoms with van der Waals surface area (Å²) < 4.78 is 11.0. The van der Waals surface area contributed by atoms with Gasteiger partial charge in [-0.05, 0) is 81.1 Å². The van der Waals surface area contributed by atoms with Gasteiger partial charge in [-0.25, -0.2) is 0 Å². The molecule has 0 amide bonds. The predicted molar refractivity (Wildman–Crippen MR) is 151 cm³/mol. The van der Waals surface area contributed by atoms with Gasteiger partial charge in [-0.3, -0.25) is 9.69 Å². The lowest BCUT2D eigenvalue weighted by Crippen LogP contribution is -2.47. The van der Waals surface area contributed by atoms with Crippen molar-refractivity contribution in [3.05, 3.63) is 84.4 Å². The van der Waals surface area contributed by atoms with Crippen molar-refractivity contribution in [2.45, 2.75) is 45.1 Å². The topological polar surface area (TPSA) is 42.0 Å². The van der Waals surface area contributed by atoms with Gasteiger partial charge in [0.05, 0.1) is 18.6 Å². The molecule has 0 bridgehead atoms. The second kappa shape index (κ2) is 12.3. The summed E-state index contributed by atoms with van der Waals surface area (Å²) in [4.78, 5) is 18.1. The number of carbonyl (C=O) groups is 1. The molecule has 0 radical (unpaired) electrons. The van der Waals surface area contributed by atoms with Crippen molar-refractivity contribution in [2.75, 3.05) is 44.7 Å². The number of anilines is 1. The lowest BCUT2D eigenvalue weighted by Gasteiger charge is -2.37. The standard InChI is InChI=1S/C32H40N2O3/c1-25(2)37-31(35)32(3,28-11-6-5-7-12-28)18-9-19-33-20-22-34(23-21-33)29-13-8-10-27(24-29)26-14-16-30(36-4)17-15-26/h5-8,10-17,24-25H,9,18-23H2,1-4H3. The highest BCUT2D eigenvalue weighted by atomic mass is 16.5. The highest BCUT2D eigenvalue weighted by molar-refractivity contribution is 5.82. The number of hydrogen-bond acceptors (Lipinski definition) is 5. The van der Waals surface area contributed by atoms with Crippen molar-refractivity contribution in [1.82, 2.24) is 4.90 Å². The summed E-state index contributed by atoms with van der Waals surface area (Å²) in [5.74, 6) is 0.743. The van der Waals surface area contributed by atoms with E-state index in [-0.39, 0.29) is 12.1 Å². The molecule has 1 saturated heterocycles. The Bertz CT molecular complexity index is 1140. The molecule has 1 aliphatic rings. The Morgan fingerprint density at radius 2 is 1.59 bits per heavy atom. The summed E-state index contributed by atoms with van der Waals surface area (Å²) in [6.07, 6.45) is 1.60. The third-order valence-corrected chi connectivity index (χ3v) is 7.36. The zero-order valence-electron chi connectivity index (χ0n) is 22.7. The zero-order valence-corrected chi connectivity index (χ0v) is 22.7. The number of ether oxygens (including phenoxy) is 2. The Hall–Kier alpha value is -3.31. The Kier molecular flexibility index (Phi) is 8.88. The monoisotopic (exact) mass is 500 g/mol. The van der Waals surface area contributed by atoms with Crippen LogP contribution in [-0.4, -0.2) is 56.8 Å². The average Bonchev–Trinajstić information content (AvgIpc) is 2.93. The molecule has 0 aliphatic carbocycles. The molecule has 5 heteroatoms. The first kappa shape index (κ1) is 26.7. The Morgan fingerprint density at radius 1 is 0.892 bits per heavy atom. The molecule has 196 valence electrons. The van der Waals surface area contributed by atoms with E-state index >= 15 is 0 Å². The van der Waals surface area contributed by atoms with Crippen molar-refractivity contribution < 1.29 is 14.3 Å². The van der Waals surface area contributed by atoms with E-state index in [4.69, 9.17) is 9.47 Å². The van der Waals surface area contributed by atoms with Crippen molar-refractivity contribution in [3.8, 4) is 16.9 Å². The minimum Gasteiger partial charge on any atom is -0.497 e. The van der Waals surface area contributed by atoms with Crippen LogP contribution in [0.1, 0.15) is 39.2 Å². The molecule has 37 heavy (non-hydrogen) atoms. The fraction of sp³-hybridized carbons (Fsp3) is 0.406. The van der Waals surface area contributed by atoms with Crippen LogP contribution < -0.4 is 9.64 Å². The van der Waals surface area contributed by atoms with Crippen LogP contribution in [0.25, 0.3) is 11.1 Å². The minimum absolute atomic E-state index is 0.119. The maximum Gasteiger partial charge on any atom is 0.316 e. The van der Waals surface area contributed by atoms with Crippen molar-refractivity contribution >= 4 is 11.7 Å². The molecule has 1 fully saturated rings. The highest BCUT2D eigenvalue weighted by Crippen LogP contribution is 2.32. The lowest BCUT2D eigenvalue weighted by molar-refractivity contribution is -0.154. The van der Waals surface area contributed by atoms with Gasteiger partial charge in [0.15, 0.2) is 0 Å². The van der Waals surface area contributed by atoms with Gasteiger partial charge in [-0.15, -0.1) is 0 Å². The number of esters is 1. The third-order valence-electron chi connectivity index (χ3n) is 7.36. The van der Waals surface area contributed by atoms with E-state index in [0.717, 1.165) is 56.9 Å². The molecule has 0 saturated carbocycles. The molecule has 1 heterocycles. The lowest BCUT2D eigenvalue weighted by atomic mass is 9.78. The van der Waals surface area contributed by atoms with Crippen LogP contribution >= 0.6 is 0 Å². The van der Waals surface area contributed by atoms with E-state index in [2.05, 4.69) is 46.2 Å². The molecule has 4 rings (SSSR count). The van der Waals surface area contributed by atoms with E-state index in [1.165, 1.54) is 16.8 Å². The van der Waals surface area contributed by atoms with Gasteiger partial charge in [0.1, 0.15) is 5.75 Å². The Morgan fingerprint density at radius 3 is 2.24 bits per heavy atom. The first-order valence-electron chi connectivity index (χ1n) is 13.4. The summed E-state index contributed by atoms with van der Waals surface area (Å²) in [5, 5.41) is 0. The van der Waals surface area contributed by atoms with Crippen LogP contribution in [0.2, 0.25) is 0 Å². The molecule has 3 aromatic rings. The second-order valence-electron chi connectivity index (χ2n) is 10.4. The zero-order chi connectivity index (χ0) is 26.3. The van der Waals surface area contributed by atoms with Crippen LogP contribution in [0.15, 0.2) is 78.9 Å². The minimum atomic E-state index is -0.630. The van der Waals surface area contributed by atoms with Crippen molar-refractivity contribution in [2.24, 2.45) is 0 Å². The normalized spacial score (nSPS) is 15.9. The molecule has 1 atom stereocenters. The molecule has 0 N–H and O–H groups in total. The molecule has 1 unspecified atom stereocenters.